The average Bonchev–Trinajstić information content (AvgIpc) is 2.61. The van der Waals surface area contributed by atoms with Crippen molar-refractivity contribution in [2.24, 2.45) is 0 Å². The van der Waals surface area contributed by atoms with Crippen LogP contribution in [0.4, 0.5) is 0 Å². The molecule has 0 saturated carbocycles. The van der Waals surface area contributed by atoms with E-state index >= 15 is 0 Å². The van der Waals surface area contributed by atoms with Crippen molar-refractivity contribution >= 4 is 5.91 Å². The van der Waals surface area contributed by atoms with Gasteiger partial charge in [-0.1, -0.05) is 18.9 Å². The highest BCUT2D eigenvalue weighted by atomic mass is 16.2. The third-order valence-electron chi connectivity index (χ3n) is 3.29. The van der Waals surface area contributed by atoms with Crippen molar-refractivity contribution < 1.29 is 4.79 Å². The largest absolute Gasteiger partial charge is 0.342 e. The van der Waals surface area contributed by atoms with Crippen LogP contribution in [-0.2, 0) is 11.2 Å². The van der Waals surface area contributed by atoms with Crippen molar-refractivity contribution in [1.29, 1.82) is 0 Å². The van der Waals surface area contributed by atoms with Gasteiger partial charge in [0.15, 0.2) is 0 Å². The monoisotopic (exact) mass is 232 g/mol. The Hall–Kier alpha value is -1.38. The van der Waals surface area contributed by atoms with Gasteiger partial charge in [0.05, 0.1) is 6.42 Å². The van der Waals surface area contributed by atoms with E-state index < -0.39 is 0 Å². The zero-order valence-corrected chi connectivity index (χ0v) is 10.5. The van der Waals surface area contributed by atoms with Crippen LogP contribution in [0.15, 0.2) is 18.3 Å². The summed E-state index contributed by atoms with van der Waals surface area (Å²) in [5.74, 6) is 0.248. The van der Waals surface area contributed by atoms with Crippen molar-refractivity contribution in [3.05, 3.63) is 29.6 Å². The second-order valence-electron chi connectivity index (χ2n) is 4.78. The fourth-order valence-electron chi connectivity index (χ4n) is 2.21. The minimum absolute atomic E-state index is 0.248. The SMILES string of the molecule is Cc1ccc(CC(=O)N2CCCCCC2)cn1. The molecule has 0 aliphatic carbocycles. The third-order valence-corrected chi connectivity index (χ3v) is 3.29. The van der Waals surface area contributed by atoms with Crippen LogP contribution in [0.2, 0.25) is 0 Å². The summed E-state index contributed by atoms with van der Waals surface area (Å²) in [7, 11) is 0. The lowest BCUT2D eigenvalue weighted by molar-refractivity contribution is -0.130. The Morgan fingerprint density at radius 2 is 1.94 bits per heavy atom. The molecular formula is C14H20N2O. The van der Waals surface area contributed by atoms with Crippen molar-refractivity contribution in [3.8, 4) is 0 Å². The molecule has 2 heterocycles. The Balaban J connectivity index is 1.93. The summed E-state index contributed by atoms with van der Waals surface area (Å²) in [6.07, 6.45) is 7.12. The van der Waals surface area contributed by atoms with Crippen LogP contribution >= 0.6 is 0 Å². The molecule has 0 aromatic carbocycles. The highest BCUT2D eigenvalue weighted by Gasteiger charge is 2.15. The Labute approximate surface area is 103 Å². The van der Waals surface area contributed by atoms with E-state index in [-0.39, 0.29) is 5.91 Å². The van der Waals surface area contributed by atoms with Crippen molar-refractivity contribution in [3.63, 3.8) is 0 Å². The van der Waals surface area contributed by atoms with Gasteiger partial charge in [0.2, 0.25) is 5.91 Å². The molecule has 0 bridgehead atoms. The molecule has 3 nitrogen and oxygen atoms in total. The lowest BCUT2D eigenvalue weighted by Gasteiger charge is -2.20. The number of likely N-dealkylation sites (tertiary alicyclic amines) is 1. The average molecular weight is 232 g/mol. The van der Waals surface area contributed by atoms with E-state index in [1.807, 2.05) is 30.2 Å². The molecule has 0 N–H and O–H groups in total. The molecule has 3 heteroatoms. The van der Waals surface area contributed by atoms with Crippen LogP contribution in [0.25, 0.3) is 0 Å². The summed E-state index contributed by atoms with van der Waals surface area (Å²) in [5, 5.41) is 0. The fourth-order valence-corrected chi connectivity index (χ4v) is 2.21. The van der Waals surface area contributed by atoms with E-state index in [2.05, 4.69) is 4.98 Å². The molecule has 0 radical (unpaired) electrons. The number of aromatic nitrogens is 1. The van der Waals surface area contributed by atoms with Crippen LogP contribution in [0.5, 0.6) is 0 Å². The number of hydrogen-bond acceptors (Lipinski definition) is 2. The quantitative estimate of drug-likeness (QED) is 0.784. The van der Waals surface area contributed by atoms with Crippen LogP contribution in [0, 0.1) is 6.92 Å². The predicted octanol–water partition coefficient (Wildman–Crippen LogP) is 2.34. The van der Waals surface area contributed by atoms with Gasteiger partial charge in [-0.2, -0.15) is 0 Å². The second kappa shape index (κ2) is 5.80. The second-order valence-corrected chi connectivity index (χ2v) is 4.78. The molecule has 1 amide bonds. The molecule has 2 rings (SSSR count). The molecule has 1 aliphatic rings. The summed E-state index contributed by atoms with van der Waals surface area (Å²) in [5.41, 5.74) is 2.01. The molecule has 1 aromatic heterocycles. The zero-order chi connectivity index (χ0) is 12.1. The van der Waals surface area contributed by atoms with E-state index in [4.69, 9.17) is 0 Å². The van der Waals surface area contributed by atoms with Crippen molar-refractivity contribution in [2.75, 3.05) is 13.1 Å². The first-order chi connectivity index (χ1) is 8.25. The van der Waals surface area contributed by atoms with Crippen LogP contribution in [0.1, 0.15) is 36.9 Å². The van der Waals surface area contributed by atoms with E-state index in [0.29, 0.717) is 6.42 Å². The van der Waals surface area contributed by atoms with E-state index in [0.717, 1.165) is 37.2 Å². The first kappa shape index (κ1) is 12.1. The fraction of sp³-hybridized carbons (Fsp3) is 0.571. The predicted molar refractivity (Wildman–Crippen MR) is 67.7 cm³/mol. The number of carbonyl (C=O) groups excluding carboxylic acids is 1. The molecule has 0 spiro atoms. The number of carbonyl (C=O) groups is 1. The Morgan fingerprint density at radius 1 is 1.24 bits per heavy atom. The van der Waals surface area contributed by atoms with E-state index in [1.165, 1.54) is 12.8 Å². The van der Waals surface area contributed by atoms with Crippen LogP contribution in [-0.4, -0.2) is 28.9 Å². The van der Waals surface area contributed by atoms with Crippen molar-refractivity contribution in [1.82, 2.24) is 9.88 Å². The Morgan fingerprint density at radius 3 is 2.53 bits per heavy atom. The van der Waals surface area contributed by atoms with Gasteiger partial charge < -0.3 is 4.90 Å². The number of pyridine rings is 1. The topological polar surface area (TPSA) is 33.2 Å². The summed E-state index contributed by atoms with van der Waals surface area (Å²) in [4.78, 5) is 18.3. The lowest BCUT2D eigenvalue weighted by atomic mass is 10.2. The van der Waals surface area contributed by atoms with Crippen LogP contribution < -0.4 is 0 Å². The molecule has 1 saturated heterocycles. The molecule has 17 heavy (non-hydrogen) atoms. The van der Waals surface area contributed by atoms with Gasteiger partial charge in [-0.25, -0.2) is 0 Å². The van der Waals surface area contributed by atoms with Gasteiger partial charge in [-0.3, -0.25) is 9.78 Å². The third kappa shape index (κ3) is 3.55. The number of amides is 1. The summed E-state index contributed by atoms with van der Waals surface area (Å²) in [6.45, 7) is 3.82. The van der Waals surface area contributed by atoms with E-state index in [9.17, 15) is 4.79 Å². The molecule has 1 aromatic rings. The van der Waals surface area contributed by atoms with Crippen LogP contribution in [0.3, 0.4) is 0 Å². The van der Waals surface area contributed by atoms with E-state index in [1.54, 1.807) is 0 Å². The number of hydrogen-bond donors (Lipinski definition) is 0. The van der Waals surface area contributed by atoms with Gasteiger partial charge in [-0.15, -0.1) is 0 Å². The maximum atomic E-state index is 12.1. The normalized spacial score (nSPS) is 16.6. The zero-order valence-electron chi connectivity index (χ0n) is 10.5. The van der Waals surface area contributed by atoms with Crippen molar-refractivity contribution in [2.45, 2.75) is 39.0 Å². The first-order valence-electron chi connectivity index (χ1n) is 6.45. The molecule has 1 aliphatic heterocycles. The minimum Gasteiger partial charge on any atom is -0.342 e. The van der Waals surface area contributed by atoms with Gasteiger partial charge in [0.25, 0.3) is 0 Å². The Bertz CT molecular complexity index is 364. The van der Waals surface area contributed by atoms with Gasteiger partial charge in [-0.05, 0) is 31.4 Å². The van der Waals surface area contributed by atoms with Gasteiger partial charge in [0, 0.05) is 25.0 Å². The number of nitrogens with zero attached hydrogens (tertiary/aromatic N) is 2. The van der Waals surface area contributed by atoms with Gasteiger partial charge in [0.1, 0.15) is 0 Å². The number of rotatable bonds is 2. The smallest absolute Gasteiger partial charge is 0.227 e. The molecule has 1 fully saturated rings. The van der Waals surface area contributed by atoms with Gasteiger partial charge >= 0.3 is 0 Å². The maximum Gasteiger partial charge on any atom is 0.227 e. The summed E-state index contributed by atoms with van der Waals surface area (Å²) >= 11 is 0. The minimum atomic E-state index is 0.248. The number of aryl methyl sites for hydroxylation is 1. The highest BCUT2D eigenvalue weighted by molar-refractivity contribution is 5.78. The molecule has 0 unspecified atom stereocenters. The summed E-state index contributed by atoms with van der Waals surface area (Å²) in [6, 6.07) is 3.96. The lowest BCUT2D eigenvalue weighted by Crippen LogP contribution is -2.33. The molecule has 92 valence electrons. The standard InChI is InChI=1S/C14H20N2O/c1-12-6-7-13(11-15-12)10-14(17)16-8-4-2-3-5-9-16/h6-7,11H,2-5,8-10H2,1H3. The molecule has 0 atom stereocenters. The highest BCUT2D eigenvalue weighted by Crippen LogP contribution is 2.11. The first-order valence-corrected chi connectivity index (χ1v) is 6.45. The maximum absolute atomic E-state index is 12.1. The molecular weight excluding hydrogens is 212 g/mol. The Kier molecular flexibility index (Phi) is 4.13. The summed E-state index contributed by atoms with van der Waals surface area (Å²) < 4.78 is 0.